The number of unbranched alkanes of at least 4 members (excludes halogenated alkanes) is 1. The minimum atomic E-state index is 0.0990. The average molecular weight is 354 g/mol. The molecule has 0 radical (unpaired) electrons. The third-order valence-electron chi connectivity index (χ3n) is 4.56. The van der Waals surface area contributed by atoms with Crippen molar-refractivity contribution < 1.29 is 4.79 Å². The molecule has 0 saturated carbocycles. The molecule has 0 fully saturated rings. The summed E-state index contributed by atoms with van der Waals surface area (Å²) in [6, 6.07) is 16.2. The van der Waals surface area contributed by atoms with Gasteiger partial charge < -0.3 is 4.40 Å². The summed E-state index contributed by atoms with van der Waals surface area (Å²) in [7, 11) is 0. The fourth-order valence-electron chi connectivity index (χ4n) is 3.28. The van der Waals surface area contributed by atoms with Crippen LogP contribution >= 0.6 is 11.6 Å². The zero-order chi connectivity index (χ0) is 17.6. The van der Waals surface area contributed by atoms with E-state index in [1.54, 1.807) is 0 Å². The van der Waals surface area contributed by atoms with E-state index in [4.69, 9.17) is 11.6 Å². The van der Waals surface area contributed by atoms with Gasteiger partial charge in [0.15, 0.2) is 0 Å². The Morgan fingerprint density at radius 1 is 1.04 bits per heavy atom. The lowest BCUT2D eigenvalue weighted by Gasteiger charge is -2.07. The number of pyridine rings is 1. The van der Waals surface area contributed by atoms with Gasteiger partial charge in [-0.2, -0.15) is 0 Å². The summed E-state index contributed by atoms with van der Waals surface area (Å²) in [5, 5.41) is 0. The zero-order valence-electron chi connectivity index (χ0n) is 14.7. The second kappa shape index (κ2) is 8.35. The molecule has 2 nitrogen and oxygen atoms in total. The van der Waals surface area contributed by atoms with Crippen LogP contribution in [0.15, 0.2) is 54.7 Å². The van der Waals surface area contributed by atoms with Gasteiger partial charge in [-0.15, -0.1) is 11.6 Å². The number of alkyl halides is 1. The Labute approximate surface area is 154 Å². The van der Waals surface area contributed by atoms with Crippen molar-refractivity contribution in [2.75, 3.05) is 5.88 Å². The number of halogens is 1. The number of carbonyl (C=O) groups excluding carboxylic acids is 1. The lowest BCUT2D eigenvalue weighted by atomic mass is 10.0. The maximum Gasteiger partial charge on any atom is 0.210 e. The van der Waals surface area contributed by atoms with Crippen LogP contribution in [-0.4, -0.2) is 16.1 Å². The molecule has 0 unspecified atom stereocenters. The van der Waals surface area contributed by atoms with E-state index in [0.29, 0.717) is 5.88 Å². The Bertz CT molecular complexity index is 848. The number of ketones is 1. The molecular formula is C22H24ClNO. The van der Waals surface area contributed by atoms with Gasteiger partial charge in [0.05, 0.1) is 5.69 Å². The molecule has 0 atom stereocenters. The average Bonchev–Trinajstić information content (AvgIpc) is 3.00. The Hall–Kier alpha value is -2.06. The minimum Gasteiger partial charge on any atom is -0.313 e. The topological polar surface area (TPSA) is 21.5 Å². The monoisotopic (exact) mass is 353 g/mol. The highest BCUT2D eigenvalue weighted by atomic mass is 35.5. The van der Waals surface area contributed by atoms with Gasteiger partial charge in [0, 0.05) is 23.2 Å². The van der Waals surface area contributed by atoms with Crippen LogP contribution < -0.4 is 0 Å². The standard InChI is InChI=1S/C22H24ClNO/c1-2-7-19-16-20-9-4-6-15-24(20)21(19)22(25)18-12-10-17(11-13-18)8-3-5-14-23/h4,6,9-13,15-16H,2-3,5,7-8,14H2,1H3. The highest BCUT2D eigenvalue weighted by Gasteiger charge is 2.18. The van der Waals surface area contributed by atoms with Crippen molar-refractivity contribution in [1.29, 1.82) is 0 Å². The van der Waals surface area contributed by atoms with Crippen LogP contribution in [-0.2, 0) is 12.8 Å². The van der Waals surface area contributed by atoms with Gasteiger partial charge in [0.2, 0.25) is 5.78 Å². The zero-order valence-corrected chi connectivity index (χ0v) is 15.4. The van der Waals surface area contributed by atoms with Crippen molar-refractivity contribution in [3.8, 4) is 0 Å². The van der Waals surface area contributed by atoms with E-state index < -0.39 is 0 Å². The van der Waals surface area contributed by atoms with E-state index in [9.17, 15) is 4.79 Å². The first kappa shape index (κ1) is 17.8. The number of aromatic nitrogens is 1. The van der Waals surface area contributed by atoms with Gasteiger partial charge in [0.25, 0.3) is 0 Å². The molecule has 0 aliphatic heterocycles. The van der Waals surface area contributed by atoms with E-state index in [-0.39, 0.29) is 5.78 Å². The molecule has 0 N–H and O–H groups in total. The smallest absolute Gasteiger partial charge is 0.210 e. The minimum absolute atomic E-state index is 0.0990. The Balaban J connectivity index is 1.90. The lowest BCUT2D eigenvalue weighted by molar-refractivity contribution is 0.103. The molecule has 2 heterocycles. The molecule has 3 heteroatoms. The Morgan fingerprint density at radius 3 is 2.56 bits per heavy atom. The lowest BCUT2D eigenvalue weighted by Crippen LogP contribution is -2.08. The number of hydrogen-bond acceptors (Lipinski definition) is 1. The highest BCUT2D eigenvalue weighted by molar-refractivity contribution is 6.17. The number of aryl methyl sites for hydroxylation is 2. The first-order valence-corrected chi connectivity index (χ1v) is 9.56. The van der Waals surface area contributed by atoms with E-state index >= 15 is 0 Å². The summed E-state index contributed by atoms with van der Waals surface area (Å²) < 4.78 is 2.02. The fraction of sp³-hybridized carbons (Fsp3) is 0.318. The SMILES string of the molecule is CCCc1cc2ccccn2c1C(=O)c1ccc(CCCCCl)cc1. The van der Waals surface area contributed by atoms with Crippen LogP contribution in [0.3, 0.4) is 0 Å². The second-order valence-corrected chi connectivity index (χ2v) is 6.81. The number of fused-ring (bicyclic) bond motifs is 1. The molecule has 25 heavy (non-hydrogen) atoms. The summed E-state index contributed by atoms with van der Waals surface area (Å²) in [5.41, 5.74) is 5.02. The van der Waals surface area contributed by atoms with Gasteiger partial charge in [-0.25, -0.2) is 0 Å². The molecule has 0 spiro atoms. The molecule has 0 aliphatic rings. The fourth-order valence-corrected chi connectivity index (χ4v) is 3.47. The van der Waals surface area contributed by atoms with Crippen molar-refractivity contribution in [3.05, 3.63) is 77.1 Å². The van der Waals surface area contributed by atoms with Gasteiger partial charge >= 0.3 is 0 Å². The number of nitrogens with zero attached hydrogens (tertiary/aromatic N) is 1. The van der Waals surface area contributed by atoms with Crippen LogP contribution in [0.1, 0.15) is 53.4 Å². The first-order chi connectivity index (χ1) is 12.2. The largest absolute Gasteiger partial charge is 0.313 e. The van der Waals surface area contributed by atoms with Gasteiger partial charge in [0.1, 0.15) is 0 Å². The molecule has 3 aromatic rings. The van der Waals surface area contributed by atoms with Gasteiger partial charge in [-0.05, 0) is 55.0 Å². The summed E-state index contributed by atoms with van der Waals surface area (Å²) in [5.74, 6) is 0.805. The maximum atomic E-state index is 13.2. The Morgan fingerprint density at radius 2 is 1.84 bits per heavy atom. The van der Waals surface area contributed by atoms with E-state index in [0.717, 1.165) is 54.4 Å². The summed E-state index contributed by atoms with van der Waals surface area (Å²) >= 11 is 5.73. The number of hydrogen-bond donors (Lipinski definition) is 0. The molecule has 2 aromatic heterocycles. The number of carbonyl (C=O) groups is 1. The summed E-state index contributed by atoms with van der Waals surface area (Å²) in [6.07, 6.45) is 7.04. The molecular weight excluding hydrogens is 330 g/mol. The van der Waals surface area contributed by atoms with Crippen molar-refractivity contribution in [3.63, 3.8) is 0 Å². The normalized spacial score (nSPS) is 11.1. The van der Waals surface area contributed by atoms with Gasteiger partial charge in [-0.3, -0.25) is 4.79 Å². The van der Waals surface area contributed by atoms with Crippen molar-refractivity contribution in [2.24, 2.45) is 0 Å². The predicted octanol–water partition coefficient (Wildman–Crippen LogP) is 5.68. The molecule has 0 bridgehead atoms. The van der Waals surface area contributed by atoms with Crippen LogP contribution in [0.4, 0.5) is 0 Å². The summed E-state index contributed by atoms with van der Waals surface area (Å²) in [6.45, 7) is 2.15. The number of benzene rings is 1. The first-order valence-electron chi connectivity index (χ1n) is 9.03. The van der Waals surface area contributed by atoms with Crippen molar-refractivity contribution in [2.45, 2.75) is 39.0 Å². The molecule has 3 rings (SSSR count). The van der Waals surface area contributed by atoms with Crippen LogP contribution in [0.2, 0.25) is 0 Å². The maximum absolute atomic E-state index is 13.2. The van der Waals surface area contributed by atoms with Crippen molar-refractivity contribution in [1.82, 2.24) is 4.40 Å². The molecule has 0 amide bonds. The van der Waals surface area contributed by atoms with Crippen LogP contribution in [0.25, 0.3) is 5.52 Å². The molecule has 130 valence electrons. The molecule has 0 saturated heterocycles. The highest BCUT2D eigenvalue weighted by Crippen LogP contribution is 2.22. The van der Waals surface area contributed by atoms with Crippen LogP contribution in [0.5, 0.6) is 0 Å². The quantitative estimate of drug-likeness (QED) is 0.290. The van der Waals surface area contributed by atoms with E-state index in [1.807, 2.05) is 34.9 Å². The predicted molar refractivity (Wildman–Crippen MR) is 105 cm³/mol. The van der Waals surface area contributed by atoms with Crippen LogP contribution in [0, 0.1) is 0 Å². The summed E-state index contributed by atoms with van der Waals surface area (Å²) in [4.78, 5) is 13.2. The van der Waals surface area contributed by atoms with E-state index in [1.165, 1.54) is 5.56 Å². The van der Waals surface area contributed by atoms with Crippen molar-refractivity contribution >= 4 is 22.9 Å². The molecule has 0 aliphatic carbocycles. The molecule has 1 aromatic carbocycles. The third kappa shape index (κ3) is 3.96. The Kier molecular flexibility index (Phi) is 5.93. The third-order valence-corrected chi connectivity index (χ3v) is 4.83. The van der Waals surface area contributed by atoms with E-state index in [2.05, 4.69) is 31.2 Å². The second-order valence-electron chi connectivity index (χ2n) is 6.44. The van der Waals surface area contributed by atoms with Gasteiger partial charge in [-0.1, -0.05) is 43.7 Å². The number of rotatable bonds is 8.